The summed E-state index contributed by atoms with van der Waals surface area (Å²) in [6.45, 7) is 0. The predicted octanol–water partition coefficient (Wildman–Crippen LogP) is 9.04. The summed E-state index contributed by atoms with van der Waals surface area (Å²) in [6, 6.07) is 11.3. The fourth-order valence-corrected chi connectivity index (χ4v) is 13.6. The van der Waals surface area contributed by atoms with Crippen LogP contribution in [-0.2, 0) is 0 Å². The molecule has 1 spiro atoms. The lowest BCUT2D eigenvalue weighted by atomic mass is 9.37. The Morgan fingerprint density at radius 1 is 0.721 bits per heavy atom. The molecule has 14 rings (SSSR count). The van der Waals surface area contributed by atoms with Gasteiger partial charge >= 0.3 is 0 Å². The summed E-state index contributed by atoms with van der Waals surface area (Å²) in [5.74, 6) is 6.19. The number of hydrogen-bond donors (Lipinski definition) is 0. The molecule has 208 valence electrons. The average Bonchev–Trinajstić information content (AvgIpc) is 3.63. The number of nitriles is 1. The van der Waals surface area contributed by atoms with Crippen LogP contribution in [0.2, 0.25) is 0 Å². The van der Waals surface area contributed by atoms with Crippen molar-refractivity contribution < 1.29 is 0 Å². The summed E-state index contributed by atoms with van der Waals surface area (Å²) >= 11 is 0. The van der Waals surface area contributed by atoms with Gasteiger partial charge in [0.05, 0.1) is 40.6 Å². The lowest BCUT2D eigenvalue weighted by Crippen LogP contribution is -2.59. The summed E-state index contributed by atoms with van der Waals surface area (Å²) < 4.78 is 2.58. The molecule has 0 amide bonds. The molecular formula is C39H32N4. The first-order chi connectivity index (χ1) is 21.2. The second-order valence-corrected chi connectivity index (χ2v) is 16.1. The van der Waals surface area contributed by atoms with Crippen LogP contribution in [0.4, 0.5) is 0 Å². The third kappa shape index (κ3) is 2.17. The lowest BCUT2D eigenvalue weighted by Gasteiger charge is -2.67. The van der Waals surface area contributed by atoms with Crippen LogP contribution in [0, 0.1) is 40.4 Å². The van der Waals surface area contributed by atoms with E-state index in [0.29, 0.717) is 29.1 Å². The molecule has 0 aliphatic heterocycles. The van der Waals surface area contributed by atoms with Gasteiger partial charge in [0.1, 0.15) is 0 Å². The fourth-order valence-electron chi connectivity index (χ4n) is 13.6. The SMILES string of the molecule is N#Cc1ccc2c(c1)cc1c3c4c(ncc3n3c5cnc6c(c5c2c13)C1CC2CC(CC6C2)C1)C1CC2CC3CC4CC321. The highest BCUT2D eigenvalue weighted by molar-refractivity contribution is 6.32. The largest absolute Gasteiger partial charge is 0.305 e. The highest BCUT2D eigenvalue weighted by Gasteiger charge is 2.72. The highest BCUT2D eigenvalue weighted by atomic mass is 15.0. The number of benzene rings is 2. The molecule has 6 bridgehead atoms. The fraction of sp³-hybridized carbons (Fsp3) is 0.462. The summed E-state index contributed by atoms with van der Waals surface area (Å²) in [6.07, 6.45) is 16.8. The van der Waals surface area contributed by atoms with Crippen LogP contribution in [0.1, 0.15) is 110 Å². The van der Waals surface area contributed by atoms with Gasteiger partial charge in [0.15, 0.2) is 0 Å². The summed E-state index contributed by atoms with van der Waals surface area (Å²) in [7, 11) is 0. The quantitative estimate of drug-likeness (QED) is 0.188. The maximum atomic E-state index is 9.90. The number of nitrogens with zero attached hydrogens (tertiary/aromatic N) is 4. The van der Waals surface area contributed by atoms with E-state index in [-0.39, 0.29) is 0 Å². The zero-order valence-corrected chi connectivity index (χ0v) is 24.2. The van der Waals surface area contributed by atoms with Crippen LogP contribution >= 0.6 is 0 Å². The summed E-state index contributed by atoms with van der Waals surface area (Å²) in [4.78, 5) is 10.8. The molecule has 0 N–H and O–H groups in total. The van der Waals surface area contributed by atoms with Gasteiger partial charge in [0.25, 0.3) is 0 Å². The van der Waals surface area contributed by atoms with Gasteiger partial charge in [-0.15, -0.1) is 0 Å². The van der Waals surface area contributed by atoms with Gasteiger partial charge in [0.2, 0.25) is 0 Å². The van der Waals surface area contributed by atoms with Crippen molar-refractivity contribution in [1.82, 2.24) is 14.4 Å². The Kier molecular flexibility index (Phi) is 3.40. The molecule has 0 radical (unpaired) electrons. The zero-order valence-electron chi connectivity index (χ0n) is 24.2. The van der Waals surface area contributed by atoms with Gasteiger partial charge in [-0.3, -0.25) is 9.97 Å². The second-order valence-electron chi connectivity index (χ2n) is 16.1. The number of aromatic nitrogens is 3. The van der Waals surface area contributed by atoms with Crippen molar-refractivity contribution in [3.8, 4) is 6.07 Å². The topological polar surface area (TPSA) is 54.0 Å². The molecule has 4 heterocycles. The Hall–Kier alpha value is -3.71. The Bertz CT molecular complexity index is 2360. The van der Waals surface area contributed by atoms with Gasteiger partial charge in [-0.25, -0.2) is 0 Å². The normalized spacial score (nSPS) is 37.5. The Morgan fingerprint density at radius 2 is 1.49 bits per heavy atom. The Labute approximate surface area is 249 Å². The average molecular weight is 557 g/mol. The van der Waals surface area contributed by atoms with Crippen LogP contribution < -0.4 is 0 Å². The molecule has 8 aliphatic rings. The van der Waals surface area contributed by atoms with E-state index >= 15 is 0 Å². The monoisotopic (exact) mass is 556 g/mol. The Morgan fingerprint density at radius 3 is 2.33 bits per heavy atom. The van der Waals surface area contributed by atoms with Gasteiger partial charge < -0.3 is 4.40 Å². The molecule has 5 fully saturated rings. The zero-order chi connectivity index (χ0) is 27.5. The van der Waals surface area contributed by atoms with Gasteiger partial charge in [-0.05, 0) is 139 Å². The van der Waals surface area contributed by atoms with Gasteiger partial charge in [-0.1, -0.05) is 6.07 Å². The van der Waals surface area contributed by atoms with Crippen molar-refractivity contribution in [3.63, 3.8) is 0 Å². The first-order valence-electron chi connectivity index (χ1n) is 17.1. The van der Waals surface area contributed by atoms with Crippen molar-refractivity contribution in [3.05, 3.63) is 64.7 Å². The molecular weight excluding hydrogens is 524 g/mol. The van der Waals surface area contributed by atoms with Gasteiger partial charge in [0, 0.05) is 44.8 Å². The standard InChI is InChI=1S/C39H32N4/c40-14-17-1-2-26-20(4-17)10-27-33-29(15-42-37-28-12-25-11-24-9-23(32(33)37)13-39(24,25)28)43-30-16-41-36-22-7-18-3-19(8-22)6-21(5-18)31(36)35(30)34(26)38(27)43/h1-2,4,10,15-16,18-19,21-25,28H,3,5-9,11-13H2. The molecule has 2 aromatic carbocycles. The van der Waals surface area contributed by atoms with Crippen molar-refractivity contribution in [1.29, 1.82) is 5.26 Å². The van der Waals surface area contributed by atoms with E-state index < -0.39 is 0 Å². The first kappa shape index (κ1) is 21.9. The van der Waals surface area contributed by atoms with E-state index in [1.54, 1.807) is 11.1 Å². The van der Waals surface area contributed by atoms with E-state index in [9.17, 15) is 5.26 Å². The minimum absolute atomic E-state index is 0.597. The highest BCUT2D eigenvalue weighted by Crippen LogP contribution is 2.82. The smallest absolute Gasteiger partial charge is 0.0991 e. The number of pyridine rings is 2. The summed E-state index contributed by atoms with van der Waals surface area (Å²) in [5, 5.41) is 18.2. The molecule has 8 aliphatic carbocycles. The van der Waals surface area contributed by atoms with E-state index in [2.05, 4.69) is 41.1 Å². The molecule has 4 nitrogen and oxygen atoms in total. The predicted molar refractivity (Wildman–Crippen MR) is 168 cm³/mol. The molecule has 7 atom stereocenters. The van der Waals surface area contributed by atoms with Crippen molar-refractivity contribution in [2.24, 2.45) is 29.1 Å². The van der Waals surface area contributed by atoms with Crippen molar-refractivity contribution >= 4 is 48.9 Å². The molecule has 4 heteroatoms. The minimum Gasteiger partial charge on any atom is -0.305 e. The molecule has 7 unspecified atom stereocenters. The van der Waals surface area contributed by atoms with Crippen LogP contribution in [0.5, 0.6) is 0 Å². The van der Waals surface area contributed by atoms with Crippen molar-refractivity contribution in [2.75, 3.05) is 0 Å². The van der Waals surface area contributed by atoms with Crippen LogP contribution in [0.25, 0.3) is 48.9 Å². The second kappa shape index (κ2) is 6.68. The van der Waals surface area contributed by atoms with E-state index in [0.717, 1.165) is 29.2 Å². The molecule has 4 aromatic heterocycles. The molecule has 6 aromatic rings. The maximum absolute atomic E-state index is 9.90. The minimum atomic E-state index is 0.597. The number of fused-ring (bicyclic) bond motifs is 13. The first-order valence-corrected chi connectivity index (χ1v) is 17.1. The van der Waals surface area contributed by atoms with E-state index in [1.807, 2.05) is 6.07 Å². The van der Waals surface area contributed by atoms with Crippen LogP contribution in [0.3, 0.4) is 0 Å². The molecule has 5 saturated carbocycles. The van der Waals surface area contributed by atoms with Crippen molar-refractivity contribution in [2.45, 2.75) is 81.5 Å². The van der Waals surface area contributed by atoms with E-state index in [4.69, 9.17) is 9.97 Å². The van der Waals surface area contributed by atoms with Gasteiger partial charge in [-0.2, -0.15) is 5.26 Å². The third-order valence-electron chi connectivity index (χ3n) is 14.8. The lowest BCUT2D eigenvalue weighted by molar-refractivity contribution is -0.147. The molecule has 0 saturated heterocycles. The summed E-state index contributed by atoms with van der Waals surface area (Å²) in [5.41, 5.74) is 11.4. The number of hydrogen-bond acceptors (Lipinski definition) is 3. The van der Waals surface area contributed by atoms with E-state index in [1.165, 1.54) is 118 Å². The molecule has 43 heavy (non-hydrogen) atoms. The Balaban J connectivity index is 1.23. The third-order valence-corrected chi connectivity index (χ3v) is 14.8. The number of rotatable bonds is 0. The maximum Gasteiger partial charge on any atom is 0.0991 e. The van der Waals surface area contributed by atoms with Crippen LogP contribution in [0.15, 0.2) is 36.7 Å². The van der Waals surface area contributed by atoms with Crippen LogP contribution in [-0.4, -0.2) is 14.4 Å².